The van der Waals surface area contributed by atoms with Gasteiger partial charge < -0.3 is 0 Å². The van der Waals surface area contributed by atoms with Crippen molar-refractivity contribution in [3.8, 4) is 22.3 Å². The Morgan fingerprint density at radius 1 is 0.657 bits per heavy atom. The summed E-state index contributed by atoms with van der Waals surface area (Å²) in [5, 5.41) is 2.19. The van der Waals surface area contributed by atoms with Crippen molar-refractivity contribution < 1.29 is 0 Å². The molecule has 0 saturated heterocycles. The Bertz CT molecular complexity index is 2070. The molecule has 0 amide bonds. The monoisotopic (exact) mass is 446 g/mol. The number of benzene rings is 3. The molecule has 7 aromatic rings. The van der Waals surface area contributed by atoms with Crippen molar-refractivity contribution in [1.29, 1.82) is 0 Å². The van der Waals surface area contributed by atoms with Gasteiger partial charge in [0.1, 0.15) is 5.52 Å². The third-order valence-corrected chi connectivity index (χ3v) is 7.99. The SMILES string of the molecule is c1ccc2c(c1)Cc1c-2ccc2c1Cc1cc3nc4c5ncccc5c5cnccc5n4c3cc1-2. The first kappa shape index (κ1) is 17.8. The molecular formula is C31H18N4. The van der Waals surface area contributed by atoms with Crippen LogP contribution in [0.5, 0.6) is 0 Å². The summed E-state index contributed by atoms with van der Waals surface area (Å²) in [6.45, 7) is 0. The van der Waals surface area contributed by atoms with Crippen LogP contribution in [0.15, 0.2) is 85.3 Å². The summed E-state index contributed by atoms with van der Waals surface area (Å²) in [4.78, 5) is 14.2. The van der Waals surface area contributed by atoms with Crippen LogP contribution in [0.1, 0.15) is 22.3 Å². The number of nitrogens with zero attached hydrogens (tertiary/aromatic N) is 4. The molecule has 0 spiro atoms. The Kier molecular flexibility index (Phi) is 3.11. The largest absolute Gasteiger partial charge is 0.290 e. The Morgan fingerprint density at radius 2 is 1.51 bits per heavy atom. The molecule has 2 aliphatic carbocycles. The Morgan fingerprint density at radius 3 is 2.46 bits per heavy atom. The first-order chi connectivity index (χ1) is 17.3. The maximum absolute atomic E-state index is 5.12. The van der Waals surface area contributed by atoms with Crippen molar-refractivity contribution in [2.75, 3.05) is 0 Å². The normalized spacial score (nSPS) is 13.5. The number of hydrogen-bond acceptors (Lipinski definition) is 3. The van der Waals surface area contributed by atoms with E-state index in [1.54, 1.807) is 0 Å². The van der Waals surface area contributed by atoms with Crippen molar-refractivity contribution in [3.63, 3.8) is 0 Å². The van der Waals surface area contributed by atoms with Crippen LogP contribution in [0.3, 0.4) is 0 Å². The fourth-order valence-corrected chi connectivity index (χ4v) is 6.48. The smallest absolute Gasteiger partial charge is 0.165 e. The van der Waals surface area contributed by atoms with Crippen LogP contribution < -0.4 is 0 Å². The highest BCUT2D eigenvalue weighted by Crippen LogP contribution is 2.47. The highest BCUT2D eigenvalue weighted by Gasteiger charge is 2.28. The molecule has 4 heterocycles. The molecule has 0 fully saturated rings. The van der Waals surface area contributed by atoms with Gasteiger partial charge in [0.05, 0.1) is 16.6 Å². The van der Waals surface area contributed by atoms with Gasteiger partial charge in [-0.1, -0.05) is 42.5 Å². The van der Waals surface area contributed by atoms with E-state index in [9.17, 15) is 0 Å². The van der Waals surface area contributed by atoms with Crippen LogP contribution >= 0.6 is 0 Å². The molecule has 0 bridgehead atoms. The van der Waals surface area contributed by atoms with Gasteiger partial charge in [0.25, 0.3) is 0 Å². The second kappa shape index (κ2) is 6.10. The minimum absolute atomic E-state index is 0.905. The topological polar surface area (TPSA) is 43.1 Å². The minimum atomic E-state index is 0.905. The Balaban J connectivity index is 1.36. The molecule has 2 aliphatic rings. The molecule has 9 rings (SSSR count). The fourth-order valence-electron chi connectivity index (χ4n) is 6.48. The first-order valence-electron chi connectivity index (χ1n) is 12.0. The van der Waals surface area contributed by atoms with Gasteiger partial charge >= 0.3 is 0 Å². The number of fused-ring (bicyclic) bond motifs is 15. The quantitative estimate of drug-likeness (QED) is 0.243. The van der Waals surface area contributed by atoms with Crippen molar-refractivity contribution in [1.82, 2.24) is 19.4 Å². The van der Waals surface area contributed by atoms with Crippen molar-refractivity contribution in [3.05, 3.63) is 108 Å². The second-order valence-corrected chi connectivity index (χ2v) is 9.69. The van der Waals surface area contributed by atoms with E-state index in [1.165, 1.54) is 44.5 Å². The van der Waals surface area contributed by atoms with Gasteiger partial charge in [-0.25, -0.2) is 4.98 Å². The number of rotatable bonds is 0. The zero-order valence-corrected chi connectivity index (χ0v) is 18.8. The lowest BCUT2D eigenvalue weighted by Crippen LogP contribution is -1.93. The molecule has 4 nitrogen and oxygen atoms in total. The van der Waals surface area contributed by atoms with Crippen molar-refractivity contribution in [2.24, 2.45) is 0 Å². The molecule has 162 valence electrons. The Labute approximate surface area is 200 Å². The van der Waals surface area contributed by atoms with E-state index in [1.807, 2.05) is 24.7 Å². The van der Waals surface area contributed by atoms with Gasteiger partial charge in [-0.15, -0.1) is 0 Å². The molecule has 4 heteroatoms. The number of pyridine rings is 3. The van der Waals surface area contributed by atoms with Crippen molar-refractivity contribution >= 4 is 38.5 Å². The highest BCUT2D eigenvalue weighted by molar-refractivity contribution is 6.12. The lowest BCUT2D eigenvalue weighted by Gasteiger charge is -2.09. The van der Waals surface area contributed by atoms with E-state index in [4.69, 9.17) is 9.97 Å². The van der Waals surface area contributed by atoms with Crippen LogP contribution in [0.4, 0.5) is 0 Å². The van der Waals surface area contributed by atoms with E-state index in [0.717, 1.165) is 51.3 Å². The van der Waals surface area contributed by atoms with E-state index < -0.39 is 0 Å². The summed E-state index contributed by atoms with van der Waals surface area (Å²) in [7, 11) is 0. The zero-order chi connectivity index (χ0) is 22.7. The zero-order valence-electron chi connectivity index (χ0n) is 18.8. The third-order valence-electron chi connectivity index (χ3n) is 7.99. The van der Waals surface area contributed by atoms with Crippen molar-refractivity contribution in [2.45, 2.75) is 12.8 Å². The maximum atomic E-state index is 5.12. The number of imidazole rings is 1. The summed E-state index contributed by atoms with van der Waals surface area (Å²) >= 11 is 0. The van der Waals surface area contributed by atoms with Gasteiger partial charge in [-0.05, 0) is 81.6 Å². The molecule has 3 aromatic carbocycles. The van der Waals surface area contributed by atoms with Gasteiger partial charge in [0, 0.05) is 29.4 Å². The van der Waals surface area contributed by atoms with Gasteiger partial charge in [0.2, 0.25) is 0 Å². The van der Waals surface area contributed by atoms with E-state index >= 15 is 0 Å². The molecular weight excluding hydrogens is 428 g/mol. The second-order valence-electron chi connectivity index (χ2n) is 9.69. The van der Waals surface area contributed by atoms with Crippen LogP contribution in [0.25, 0.3) is 60.7 Å². The van der Waals surface area contributed by atoms with Crippen LogP contribution in [-0.4, -0.2) is 19.4 Å². The fraction of sp³-hybridized carbons (Fsp3) is 0.0645. The molecule has 0 aliphatic heterocycles. The highest BCUT2D eigenvalue weighted by atomic mass is 15.0. The number of aromatic nitrogens is 4. The summed E-state index contributed by atoms with van der Waals surface area (Å²) < 4.78 is 2.27. The molecule has 0 saturated carbocycles. The van der Waals surface area contributed by atoms with Crippen LogP contribution in [0.2, 0.25) is 0 Å². The molecule has 0 unspecified atom stereocenters. The third kappa shape index (κ3) is 2.15. The summed E-state index contributed by atoms with van der Waals surface area (Å²) in [6, 6.07) is 24.3. The Hall–Kier alpha value is -4.57. The average molecular weight is 447 g/mol. The van der Waals surface area contributed by atoms with Gasteiger partial charge in [-0.2, -0.15) is 0 Å². The van der Waals surface area contributed by atoms with Gasteiger partial charge in [0.15, 0.2) is 5.65 Å². The van der Waals surface area contributed by atoms with Crippen LogP contribution in [-0.2, 0) is 12.8 Å². The lowest BCUT2D eigenvalue weighted by atomic mass is 9.96. The molecule has 0 N–H and O–H groups in total. The predicted octanol–water partition coefficient (Wildman–Crippen LogP) is 6.73. The summed E-state index contributed by atoms with van der Waals surface area (Å²) in [6.07, 6.45) is 7.64. The maximum Gasteiger partial charge on any atom is 0.165 e. The van der Waals surface area contributed by atoms with Gasteiger partial charge in [-0.3, -0.25) is 14.4 Å². The summed E-state index contributed by atoms with van der Waals surface area (Å²) in [5.74, 6) is 0. The first-order valence-corrected chi connectivity index (χ1v) is 12.0. The molecule has 0 atom stereocenters. The molecule has 35 heavy (non-hydrogen) atoms. The van der Waals surface area contributed by atoms with E-state index in [2.05, 4.69) is 70.0 Å². The molecule has 4 aromatic heterocycles. The average Bonchev–Trinajstić information content (AvgIpc) is 3.58. The summed E-state index contributed by atoms with van der Waals surface area (Å²) in [5.41, 5.74) is 16.4. The minimum Gasteiger partial charge on any atom is -0.290 e. The van der Waals surface area contributed by atoms with E-state index in [-0.39, 0.29) is 0 Å². The van der Waals surface area contributed by atoms with E-state index in [0.29, 0.717) is 0 Å². The standard InChI is InChI=1S/C31H18N4/c1-2-5-19-17(4-1)12-24-20(19)7-8-21-23-15-29-27(14-18(23)13-25(21)24)34-31-30-22(6-3-10-33-30)26-16-32-11-9-28(26)35(29)31/h1-11,14-16H,12-13H2. The van der Waals surface area contributed by atoms with Crippen LogP contribution in [0, 0.1) is 0 Å². The molecule has 0 radical (unpaired) electrons. The number of hydrogen-bond donors (Lipinski definition) is 0. The lowest BCUT2D eigenvalue weighted by molar-refractivity contribution is 1.16. The predicted molar refractivity (Wildman–Crippen MR) is 140 cm³/mol.